The number of non-ortho nitro benzene ring substituents is 1. The lowest BCUT2D eigenvalue weighted by Crippen LogP contribution is -2.32. The van der Waals surface area contributed by atoms with Crippen LogP contribution < -0.4 is 0 Å². The molecule has 0 aliphatic carbocycles. The van der Waals surface area contributed by atoms with Gasteiger partial charge >= 0.3 is 5.97 Å². The minimum atomic E-state index is -1.04. The highest BCUT2D eigenvalue weighted by atomic mass is 16.6. The van der Waals surface area contributed by atoms with Crippen LogP contribution in [0, 0.1) is 24.0 Å². The molecule has 1 aliphatic rings. The molecule has 0 saturated carbocycles. The first-order valence-electron chi connectivity index (χ1n) is 11.5. The predicted molar refractivity (Wildman–Crippen MR) is 132 cm³/mol. The van der Waals surface area contributed by atoms with Crippen LogP contribution in [0.5, 0.6) is 0 Å². The summed E-state index contributed by atoms with van der Waals surface area (Å²) in [6, 6.07) is 4.62. The van der Waals surface area contributed by atoms with E-state index in [2.05, 4.69) is 4.98 Å². The molecule has 0 radical (unpaired) electrons. The van der Waals surface area contributed by atoms with Gasteiger partial charge in [-0.3, -0.25) is 19.7 Å². The zero-order valence-electron chi connectivity index (χ0n) is 21.0. The van der Waals surface area contributed by atoms with E-state index in [0.717, 1.165) is 0 Å². The number of aromatic nitrogens is 1. The number of hydrogen-bond donors (Lipinski definition) is 2. The maximum Gasteiger partial charge on any atom is 0.355 e. The fraction of sp³-hybridized carbons (Fsp3) is 0.400. The number of ketones is 1. The Bertz CT molecular complexity index is 1250. The van der Waals surface area contributed by atoms with E-state index in [0.29, 0.717) is 29.8 Å². The molecule has 2 N–H and O–H groups in total. The summed E-state index contributed by atoms with van der Waals surface area (Å²) >= 11 is 0. The summed E-state index contributed by atoms with van der Waals surface area (Å²) < 4.78 is 5.06. The number of likely N-dealkylation sites (tertiary alicyclic amines) is 1. The first kappa shape index (κ1) is 26.6. The standard InChI is InChI=1S/C25H30N4O7/c1-6-36-25(33)20-14(2)18(15(3)26-20)22(30)19-21(16-9-7-10-17(13-16)29(34)35)28(24(32)23(19)31)12-8-11-27(4)5/h7,9-10,13,21,26,30H,6,8,11-12H2,1-5H3. The average molecular weight is 499 g/mol. The highest BCUT2D eigenvalue weighted by molar-refractivity contribution is 6.46. The molecule has 11 nitrogen and oxygen atoms in total. The average Bonchev–Trinajstić information content (AvgIpc) is 3.26. The number of nitrogens with one attached hydrogen (secondary N) is 1. The molecule has 36 heavy (non-hydrogen) atoms. The Hall–Kier alpha value is -3.99. The molecular formula is C25H30N4O7. The van der Waals surface area contributed by atoms with Crippen molar-refractivity contribution in [2.45, 2.75) is 33.2 Å². The number of aliphatic hydroxyl groups excluding tert-OH is 1. The molecule has 0 spiro atoms. The van der Waals surface area contributed by atoms with Gasteiger partial charge in [0, 0.05) is 29.9 Å². The topological polar surface area (TPSA) is 146 Å². The third-order valence-electron chi connectivity index (χ3n) is 6.09. The van der Waals surface area contributed by atoms with Crippen LogP contribution in [0.3, 0.4) is 0 Å². The second-order valence-corrected chi connectivity index (χ2v) is 8.85. The van der Waals surface area contributed by atoms with Crippen molar-refractivity contribution in [3.63, 3.8) is 0 Å². The molecule has 1 aromatic carbocycles. The summed E-state index contributed by atoms with van der Waals surface area (Å²) in [6.07, 6.45) is 0.542. The van der Waals surface area contributed by atoms with E-state index in [4.69, 9.17) is 4.74 Å². The first-order chi connectivity index (χ1) is 17.0. The van der Waals surface area contributed by atoms with Crippen LogP contribution in [0.1, 0.15) is 52.3 Å². The number of benzene rings is 1. The van der Waals surface area contributed by atoms with Gasteiger partial charge in [-0.05, 0) is 59.0 Å². The number of rotatable bonds is 9. The number of hydrogen-bond acceptors (Lipinski definition) is 8. The van der Waals surface area contributed by atoms with Gasteiger partial charge in [-0.25, -0.2) is 4.79 Å². The van der Waals surface area contributed by atoms with E-state index in [1.807, 2.05) is 19.0 Å². The minimum absolute atomic E-state index is 0.128. The zero-order valence-corrected chi connectivity index (χ0v) is 21.0. The predicted octanol–water partition coefficient (Wildman–Crippen LogP) is 3.09. The normalized spacial score (nSPS) is 17.2. The Morgan fingerprint density at radius 1 is 1.28 bits per heavy atom. The molecule has 0 bridgehead atoms. The van der Waals surface area contributed by atoms with Gasteiger partial charge in [-0.1, -0.05) is 12.1 Å². The fourth-order valence-corrected chi connectivity index (χ4v) is 4.47. The van der Waals surface area contributed by atoms with Crippen molar-refractivity contribution in [1.82, 2.24) is 14.8 Å². The Morgan fingerprint density at radius 2 is 1.97 bits per heavy atom. The van der Waals surface area contributed by atoms with Crippen molar-refractivity contribution in [3.8, 4) is 0 Å². The van der Waals surface area contributed by atoms with Crippen molar-refractivity contribution >= 4 is 29.1 Å². The SMILES string of the molecule is CCOC(=O)c1[nH]c(C)c(C(O)=C2C(=O)C(=O)N(CCCN(C)C)C2c2cccc([N+](=O)[O-])c2)c1C. The van der Waals surface area contributed by atoms with Gasteiger partial charge in [0.05, 0.1) is 23.1 Å². The number of aryl methyl sites for hydroxylation is 1. The lowest BCUT2D eigenvalue weighted by molar-refractivity contribution is -0.384. The van der Waals surface area contributed by atoms with Crippen molar-refractivity contribution in [3.05, 3.63) is 68.0 Å². The number of nitro groups is 1. The van der Waals surface area contributed by atoms with Gasteiger partial charge in [-0.15, -0.1) is 0 Å². The third kappa shape index (κ3) is 5.01. The Balaban J connectivity index is 2.20. The number of aliphatic hydroxyl groups is 1. The maximum atomic E-state index is 13.2. The quantitative estimate of drug-likeness (QED) is 0.134. The van der Waals surface area contributed by atoms with Gasteiger partial charge in [0.1, 0.15) is 11.5 Å². The summed E-state index contributed by atoms with van der Waals surface area (Å²) in [4.78, 5) is 55.7. The molecule has 1 saturated heterocycles. The molecule has 2 heterocycles. The molecule has 1 fully saturated rings. The van der Waals surface area contributed by atoms with Gasteiger partial charge in [0.2, 0.25) is 0 Å². The summed E-state index contributed by atoms with van der Waals surface area (Å²) in [5, 5.41) is 22.8. The summed E-state index contributed by atoms with van der Waals surface area (Å²) in [5.41, 5.74) is 1.04. The molecular weight excluding hydrogens is 468 g/mol. The number of ether oxygens (including phenoxy) is 1. The number of nitrogens with zero attached hydrogens (tertiary/aromatic N) is 3. The van der Waals surface area contributed by atoms with E-state index in [1.165, 1.54) is 23.1 Å². The molecule has 1 aromatic heterocycles. The summed E-state index contributed by atoms with van der Waals surface area (Å²) in [7, 11) is 3.76. The smallest absolute Gasteiger partial charge is 0.355 e. The molecule has 192 valence electrons. The first-order valence-corrected chi connectivity index (χ1v) is 11.5. The van der Waals surface area contributed by atoms with Crippen molar-refractivity contribution in [2.75, 3.05) is 33.8 Å². The Morgan fingerprint density at radius 3 is 2.58 bits per heavy atom. The number of carbonyl (C=O) groups excluding carboxylic acids is 3. The lowest BCUT2D eigenvalue weighted by Gasteiger charge is -2.26. The van der Waals surface area contributed by atoms with Crippen molar-refractivity contribution in [2.24, 2.45) is 0 Å². The number of H-pyrrole nitrogens is 1. The molecule has 1 aliphatic heterocycles. The van der Waals surface area contributed by atoms with Crippen molar-refractivity contribution in [1.29, 1.82) is 0 Å². The van der Waals surface area contributed by atoms with Crippen LogP contribution in [0.2, 0.25) is 0 Å². The van der Waals surface area contributed by atoms with E-state index >= 15 is 0 Å². The monoisotopic (exact) mass is 498 g/mol. The molecule has 11 heteroatoms. The van der Waals surface area contributed by atoms with E-state index in [-0.39, 0.29) is 35.7 Å². The largest absolute Gasteiger partial charge is 0.507 e. The molecule has 1 unspecified atom stereocenters. The lowest BCUT2D eigenvalue weighted by atomic mass is 9.93. The van der Waals surface area contributed by atoms with Crippen molar-refractivity contribution < 1.29 is 29.2 Å². The Kier molecular flexibility index (Phi) is 7.93. The maximum absolute atomic E-state index is 13.2. The third-order valence-corrected chi connectivity index (χ3v) is 6.09. The Labute approximate surface area is 208 Å². The highest BCUT2D eigenvalue weighted by Crippen LogP contribution is 2.41. The zero-order chi connectivity index (χ0) is 26.7. The molecule has 1 atom stereocenters. The number of carbonyl (C=O) groups is 3. The number of aromatic amines is 1. The van der Waals surface area contributed by atoms with Gasteiger partial charge < -0.3 is 24.6 Å². The number of nitro benzene ring substituents is 1. The highest BCUT2D eigenvalue weighted by Gasteiger charge is 2.46. The fourth-order valence-electron chi connectivity index (χ4n) is 4.47. The summed E-state index contributed by atoms with van der Waals surface area (Å²) in [5.74, 6) is -2.77. The van der Waals surface area contributed by atoms with Crippen LogP contribution in [0.25, 0.3) is 5.76 Å². The van der Waals surface area contributed by atoms with E-state index in [1.54, 1.807) is 26.8 Å². The van der Waals surface area contributed by atoms with Gasteiger partial charge in [0.15, 0.2) is 0 Å². The van der Waals surface area contributed by atoms with Crippen LogP contribution in [0.4, 0.5) is 5.69 Å². The van der Waals surface area contributed by atoms with Crippen LogP contribution in [0.15, 0.2) is 29.8 Å². The van der Waals surface area contributed by atoms with Crippen LogP contribution in [-0.4, -0.2) is 76.3 Å². The van der Waals surface area contributed by atoms with E-state index < -0.39 is 34.4 Å². The van der Waals surface area contributed by atoms with Gasteiger partial charge in [0.25, 0.3) is 17.4 Å². The molecule has 1 amide bonds. The van der Waals surface area contributed by atoms with E-state index in [9.17, 15) is 29.6 Å². The summed E-state index contributed by atoms with van der Waals surface area (Å²) in [6.45, 7) is 5.89. The number of amides is 1. The number of esters is 1. The second kappa shape index (κ2) is 10.7. The number of Topliss-reactive ketones (excluding diaryl/α,β-unsaturated/α-hetero) is 1. The minimum Gasteiger partial charge on any atom is -0.507 e. The van der Waals surface area contributed by atoms with Crippen LogP contribution >= 0.6 is 0 Å². The van der Waals surface area contributed by atoms with Crippen LogP contribution in [-0.2, 0) is 14.3 Å². The molecule has 3 rings (SSSR count). The molecule has 2 aromatic rings. The van der Waals surface area contributed by atoms with Gasteiger partial charge in [-0.2, -0.15) is 0 Å². The second-order valence-electron chi connectivity index (χ2n) is 8.85.